The number of H-pyrrole nitrogens is 1. The van der Waals surface area contributed by atoms with Crippen LogP contribution in [0.2, 0.25) is 0 Å². The van der Waals surface area contributed by atoms with Gasteiger partial charge < -0.3 is 15.0 Å². The molecule has 3 aromatic heterocycles. The number of anilines is 2. The Morgan fingerprint density at radius 1 is 1.13 bits per heavy atom. The summed E-state index contributed by atoms with van der Waals surface area (Å²) in [7, 11) is 1.65. The van der Waals surface area contributed by atoms with Gasteiger partial charge in [0.1, 0.15) is 28.9 Å². The van der Waals surface area contributed by atoms with Gasteiger partial charge in [-0.05, 0) is 40.2 Å². The fraction of sp³-hybridized carbons (Fsp3) is 0.0625. The van der Waals surface area contributed by atoms with E-state index in [-0.39, 0.29) is 0 Å². The molecule has 1 aromatic carbocycles. The van der Waals surface area contributed by atoms with Crippen LogP contribution < -0.4 is 10.1 Å². The van der Waals surface area contributed by atoms with Crippen LogP contribution in [0.1, 0.15) is 0 Å². The third kappa shape index (κ3) is 2.39. The van der Waals surface area contributed by atoms with Crippen molar-refractivity contribution in [1.82, 2.24) is 19.9 Å². The molecule has 0 bridgehead atoms. The van der Waals surface area contributed by atoms with Crippen molar-refractivity contribution in [3.63, 3.8) is 0 Å². The zero-order valence-corrected chi connectivity index (χ0v) is 13.8. The average molecular weight is 370 g/mol. The molecule has 7 heteroatoms. The maximum Gasteiger partial charge on any atom is 0.159 e. The summed E-state index contributed by atoms with van der Waals surface area (Å²) in [6.45, 7) is 0. The number of ether oxygens (including phenoxy) is 1. The number of pyridine rings is 1. The second-order valence-electron chi connectivity index (χ2n) is 4.94. The Hall–Kier alpha value is -2.67. The molecule has 23 heavy (non-hydrogen) atoms. The summed E-state index contributed by atoms with van der Waals surface area (Å²) in [6, 6.07) is 9.64. The van der Waals surface area contributed by atoms with E-state index >= 15 is 0 Å². The van der Waals surface area contributed by atoms with Gasteiger partial charge in [-0.15, -0.1) is 0 Å². The van der Waals surface area contributed by atoms with Gasteiger partial charge in [0, 0.05) is 10.7 Å². The van der Waals surface area contributed by atoms with E-state index in [0.29, 0.717) is 11.6 Å². The predicted octanol–water partition coefficient (Wildman–Crippen LogP) is 4.02. The largest absolute Gasteiger partial charge is 0.496 e. The van der Waals surface area contributed by atoms with E-state index in [4.69, 9.17) is 4.74 Å². The molecule has 0 amide bonds. The minimum absolute atomic E-state index is 0.670. The summed E-state index contributed by atoms with van der Waals surface area (Å²) in [5, 5.41) is 4.16. The average Bonchev–Trinajstić information content (AvgIpc) is 2.97. The SMILES string of the molecule is COc1cccc2[nH]c3c(Nc4ccc(Br)cn4)ncnc3c12. The van der Waals surface area contributed by atoms with Crippen molar-refractivity contribution in [1.29, 1.82) is 0 Å². The molecule has 114 valence electrons. The summed E-state index contributed by atoms with van der Waals surface area (Å²) in [4.78, 5) is 16.4. The maximum atomic E-state index is 5.45. The van der Waals surface area contributed by atoms with Crippen LogP contribution >= 0.6 is 15.9 Å². The molecule has 0 spiro atoms. The summed E-state index contributed by atoms with van der Waals surface area (Å²) in [6.07, 6.45) is 3.26. The van der Waals surface area contributed by atoms with Crippen LogP contribution in [0, 0.1) is 0 Å². The Balaban J connectivity index is 1.89. The summed E-state index contributed by atoms with van der Waals surface area (Å²) in [5.74, 6) is 2.15. The Labute approximate surface area is 140 Å². The standard InChI is InChI=1S/C16H12BrN5O/c1-23-11-4-2-3-10-13(11)14-15(21-10)16(20-8-19-14)22-12-6-5-9(17)7-18-12/h2-8,21H,1H3,(H,18,19,20,22). The van der Waals surface area contributed by atoms with Crippen molar-refractivity contribution in [2.24, 2.45) is 0 Å². The van der Waals surface area contributed by atoms with Gasteiger partial charge in [-0.1, -0.05) is 6.07 Å². The first kappa shape index (κ1) is 14.0. The van der Waals surface area contributed by atoms with E-state index in [1.165, 1.54) is 6.33 Å². The van der Waals surface area contributed by atoms with Crippen LogP contribution in [0.5, 0.6) is 5.75 Å². The number of hydrogen-bond acceptors (Lipinski definition) is 5. The number of fused-ring (bicyclic) bond motifs is 3. The van der Waals surface area contributed by atoms with Gasteiger partial charge in [-0.2, -0.15) is 0 Å². The topological polar surface area (TPSA) is 75.7 Å². The van der Waals surface area contributed by atoms with Crippen molar-refractivity contribution < 1.29 is 4.74 Å². The number of rotatable bonds is 3. The van der Waals surface area contributed by atoms with E-state index in [1.54, 1.807) is 13.3 Å². The molecule has 0 aliphatic carbocycles. The quantitative estimate of drug-likeness (QED) is 0.570. The summed E-state index contributed by atoms with van der Waals surface area (Å²) < 4.78 is 6.37. The number of nitrogens with one attached hydrogen (secondary N) is 2. The fourth-order valence-corrected chi connectivity index (χ4v) is 2.78. The van der Waals surface area contributed by atoms with Gasteiger partial charge in [0.25, 0.3) is 0 Å². The minimum atomic E-state index is 0.670. The second-order valence-corrected chi connectivity index (χ2v) is 5.86. The van der Waals surface area contributed by atoms with E-state index in [0.717, 1.165) is 32.2 Å². The lowest BCUT2D eigenvalue weighted by atomic mass is 10.2. The molecule has 6 nitrogen and oxygen atoms in total. The van der Waals surface area contributed by atoms with E-state index in [9.17, 15) is 0 Å². The fourth-order valence-electron chi connectivity index (χ4n) is 2.54. The highest BCUT2D eigenvalue weighted by molar-refractivity contribution is 9.10. The molecular weight excluding hydrogens is 358 g/mol. The van der Waals surface area contributed by atoms with Crippen LogP contribution in [-0.4, -0.2) is 27.0 Å². The highest BCUT2D eigenvalue weighted by atomic mass is 79.9. The highest BCUT2D eigenvalue weighted by Crippen LogP contribution is 2.34. The number of benzene rings is 1. The van der Waals surface area contributed by atoms with Crippen molar-refractivity contribution in [2.45, 2.75) is 0 Å². The number of methoxy groups -OCH3 is 1. The van der Waals surface area contributed by atoms with Gasteiger partial charge in [0.05, 0.1) is 18.0 Å². The van der Waals surface area contributed by atoms with Crippen molar-refractivity contribution in [3.05, 3.63) is 47.3 Å². The lowest BCUT2D eigenvalue weighted by Gasteiger charge is -2.05. The Morgan fingerprint density at radius 2 is 2.04 bits per heavy atom. The third-order valence-electron chi connectivity index (χ3n) is 3.56. The zero-order valence-electron chi connectivity index (χ0n) is 12.2. The molecule has 0 saturated carbocycles. The molecule has 4 rings (SSSR count). The van der Waals surface area contributed by atoms with Gasteiger partial charge in [0.2, 0.25) is 0 Å². The molecule has 0 atom stereocenters. The highest BCUT2D eigenvalue weighted by Gasteiger charge is 2.14. The lowest BCUT2D eigenvalue weighted by Crippen LogP contribution is -1.97. The Bertz CT molecular complexity index is 997. The summed E-state index contributed by atoms with van der Waals surface area (Å²) >= 11 is 3.37. The van der Waals surface area contributed by atoms with Crippen LogP contribution in [0.15, 0.2) is 47.3 Å². The molecule has 0 unspecified atom stereocenters. The first-order valence-corrected chi connectivity index (χ1v) is 7.73. The number of halogens is 1. The summed E-state index contributed by atoms with van der Waals surface area (Å²) in [5.41, 5.74) is 2.58. The lowest BCUT2D eigenvalue weighted by molar-refractivity contribution is 0.420. The normalized spacial score (nSPS) is 11.0. The molecule has 0 saturated heterocycles. The van der Waals surface area contributed by atoms with Crippen LogP contribution in [0.4, 0.5) is 11.6 Å². The second kappa shape index (κ2) is 5.51. The monoisotopic (exact) mass is 369 g/mol. The van der Waals surface area contributed by atoms with Gasteiger partial charge in [0.15, 0.2) is 5.82 Å². The molecule has 3 heterocycles. The number of aromatic nitrogens is 4. The maximum absolute atomic E-state index is 5.45. The van der Waals surface area contributed by atoms with Gasteiger partial charge in [-0.3, -0.25) is 0 Å². The van der Waals surface area contributed by atoms with Crippen molar-refractivity contribution in [2.75, 3.05) is 12.4 Å². The van der Waals surface area contributed by atoms with Crippen molar-refractivity contribution >= 4 is 49.5 Å². The Kier molecular flexibility index (Phi) is 3.34. The van der Waals surface area contributed by atoms with Crippen LogP contribution in [0.25, 0.3) is 21.9 Å². The first-order chi connectivity index (χ1) is 11.3. The number of aromatic amines is 1. The predicted molar refractivity (Wildman–Crippen MR) is 93.2 cm³/mol. The van der Waals surface area contributed by atoms with E-state index in [2.05, 4.69) is 41.2 Å². The molecular formula is C16H12BrN5O. The van der Waals surface area contributed by atoms with E-state index in [1.807, 2.05) is 30.3 Å². The zero-order chi connectivity index (χ0) is 15.8. The molecule has 0 aliphatic rings. The number of nitrogens with zero attached hydrogens (tertiary/aromatic N) is 3. The van der Waals surface area contributed by atoms with Crippen LogP contribution in [-0.2, 0) is 0 Å². The van der Waals surface area contributed by atoms with E-state index < -0.39 is 0 Å². The van der Waals surface area contributed by atoms with Crippen LogP contribution in [0.3, 0.4) is 0 Å². The van der Waals surface area contributed by atoms with Gasteiger partial charge >= 0.3 is 0 Å². The van der Waals surface area contributed by atoms with Crippen molar-refractivity contribution in [3.8, 4) is 5.75 Å². The minimum Gasteiger partial charge on any atom is -0.496 e. The molecule has 0 fully saturated rings. The molecule has 0 radical (unpaired) electrons. The smallest absolute Gasteiger partial charge is 0.159 e. The molecule has 0 aliphatic heterocycles. The number of hydrogen-bond donors (Lipinski definition) is 2. The molecule has 2 N–H and O–H groups in total. The Morgan fingerprint density at radius 3 is 2.83 bits per heavy atom. The van der Waals surface area contributed by atoms with Gasteiger partial charge in [-0.25, -0.2) is 15.0 Å². The third-order valence-corrected chi connectivity index (χ3v) is 4.03. The first-order valence-electron chi connectivity index (χ1n) is 6.94. The molecule has 4 aromatic rings.